The molecule has 21 heavy (non-hydrogen) atoms. The van der Waals surface area contributed by atoms with E-state index in [4.69, 9.17) is 5.11 Å². The lowest BCUT2D eigenvalue weighted by Crippen LogP contribution is -2.16. The number of carboxylic acids is 1. The van der Waals surface area contributed by atoms with Gasteiger partial charge in [-0.15, -0.1) is 0 Å². The Balaban J connectivity index is 2.33. The molecule has 0 bridgehead atoms. The van der Waals surface area contributed by atoms with Crippen molar-refractivity contribution in [1.82, 2.24) is 9.55 Å². The first-order valence-electron chi connectivity index (χ1n) is 6.22. The predicted molar refractivity (Wildman–Crippen MR) is 75.6 cm³/mol. The lowest BCUT2D eigenvalue weighted by molar-refractivity contribution is 0.0697. The molecule has 3 rings (SSSR count). The van der Waals surface area contributed by atoms with Gasteiger partial charge in [0.2, 0.25) is 0 Å². The Bertz CT molecular complexity index is 924. The first kappa shape index (κ1) is 13.1. The maximum absolute atomic E-state index is 14.0. The molecule has 0 radical (unpaired) electrons. The maximum atomic E-state index is 14.0. The molecule has 3 aromatic rings. The van der Waals surface area contributed by atoms with E-state index in [0.29, 0.717) is 11.0 Å². The molecule has 106 valence electrons. The molecule has 6 heteroatoms. The number of halogens is 1. The number of benzene rings is 2. The second-order valence-corrected chi connectivity index (χ2v) is 4.76. The fourth-order valence-electron chi connectivity index (χ4n) is 2.28. The molecule has 0 saturated heterocycles. The average Bonchev–Trinajstić information content (AvgIpc) is 2.76. The highest BCUT2D eigenvalue weighted by molar-refractivity contribution is 5.92. The van der Waals surface area contributed by atoms with Gasteiger partial charge >= 0.3 is 11.7 Å². The molecule has 0 aliphatic carbocycles. The Hall–Kier alpha value is -2.89. The van der Waals surface area contributed by atoms with Crippen molar-refractivity contribution >= 4 is 17.0 Å². The zero-order chi connectivity index (χ0) is 15.1. The first-order valence-corrected chi connectivity index (χ1v) is 6.22. The molecule has 0 aliphatic heterocycles. The Morgan fingerprint density at radius 2 is 2.00 bits per heavy atom. The molecule has 0 fully saturated rings. The minimum Gasteiger partial charge on any atom is -0.478 e. The highest BCUT2D eigenvalue weighted by atomic mass is 19.1. The number of carboxylic acid groups (broad SMARTS) is 1. The van der Waals surface area contributed by atoms with E-state index in [1.54, 1.807) is 19.1 Å². The minimum atomic E-state index is -1.09. The monoisotopic (exact) mass is 286 g/mol. The third kappa shape index (κ3) is 2.10. The summed E-state index contributed by atoms with van der Waals surface area (Å²) in [5.41, 5.74) is 1.26. The standard InChI is InChI=1S/C15H11FN2O3/c1-8-2-4-10(16)13(6-8)18-12-5-3-9(14(19)20)7-11(12)17-15(18)21/h2-7H,1H3,(H,17,21)(H,19,20). The molecule has 5 nitrogen and oxygen atoms in total. The summed E-state index contributed by atoms with van der Waals surface area (Å²) in [4.78, 5) is 25.6. The molecular weight excluding hydrogens is 275 g/mol. The molecule has 0 aliphatic rings. The second-order valence-electron chi connectivity index (χ2n) is 4.76. The molecule has 1 heterocycles. The first-order chi connectivity index (χ1) is 9.97. The lowest BCUT2D eigenvalue weighted by atomic mass is 10.2. The number of fused-ring (bicyclic) bond motifs is 1. The van der Waals surface area contributed by atoms with Gasteiger partial charge in [0.1, 0.15) is 5.82 Å². The van der Waals surface area contributed by atoms with Crippen molar-refractivity contribution in [3.8, 4) is 5.69 Å². The van der Waals surface area contributed by atoms with Crippen LogP contribution in [0.2, 0.25) is 0 Å². The van der Waals surface area contributed by atoms with Gasteiger partial charge in [0.15, 0.2) is 0 Å². The number of H-pyrrole nitrogens is 1. The summed E-state index contributed by atoms with van der Waals surface area (Å²) in [6, 6.07) is 8.68. The van der Waals surface area contributed by atoms with Crippen LogP contribution in [0.3, 0.4) is 0 Å². The minimum absolute atomic E-state index is 0.0561. The van der Waals surface area contributed by atoms with E-state index in [-0.39, 0.29) is 11.3 Å². The van der Waals surface area contributed by atoms with Gasteiger partial charge in [0.05, 0.1) is 22.3 Å². The number of hydrogen-bond acceptors (Lipinski definition) is 2. The third-order valence-electron chi connectivity index (χ3n) is 3.27. The highest BCUT2D eigenvalue weighted by Gasteiger charge is 2.14. The second kappa shape index (κ2) is 4.59. The summed E-state index contributed by atoms with van der Waals surface area (Å²) in [6.45, 7) is 1.80. The van der Waals surface area contributed by atoms with Crippen molar-refractivity contribution in [2.75, 3.05) is 0 Å². The van der Waals surface area contributed by atoms with Crippen LogP contribution in [0, 0.1) is 12.7 Å². The van der Waals surface area contributed by atoms with Gasteiger partial charge < -0.3 is 10.1 Å². The third-order valence-corrected chi connectivity index (χ3v) is 3.27. The molecule has 0 unspecified atom stereocenters. The van der Waals surface area contributed by atoms with Gasteiger partial charge in [-0.25, -0.2) is 14.0 Å². The number of imidazole rings is 1. The summed E-state index contributed by atoms with van der Waals surface area (Å²) < 4.78 is 15.2. The summed E-state index contributed by atoms with van der Waals surface area (Å²) in [7, 11) is 0. The number of nitrogens with one attached hydrogen (secondary N) is 1. The molecule has 1 aromatic heterocycles. The van der Waals surface area contributed by atoms with Gasteiger partial charge in [0, 0.05) is 0 Å². The fourth-order valence-corrected chi connectivity index (χ4v) is 2.28. The topological polar surface area (TPSA) is 75.1 Å². The fraction of sp³-hybridized carbons (Fsp3) is 0.0667. The smallest absolute Gasteiger partial charge is 0.335 e. The quantitative estimate of drug-likeness (QED) is 0.760. The van der Waals surface area contributed by atoms with Crippen molar-refractivity contribution in [3.05, 3.63) is 63.8 Å². The lowest BCUT2D eigenvalue weighted by Gasteiger charge is -2.06. The van der Waals surface area contributed by atoms with E-state index >= 15 is 0 Å². The summed E-state index contributed by atoms with van der Waals surface area (Å²) >= 11 is 0. The van der Waals surface area contributed by atoms with Crippen LogP contribution in [0.5, 0.6) is 0 Å². The van der Waals surface area contributed by atoms with Gasteiger partial charge in [-0.3, -0.25) is 4.57 Å². The van der Waals surface area contributed by atoms with E-state index in [1.165, 1.54) is 28.8 Å². The number of carbonyl (C=O) groups is 1. The Morgan fingerprint density at radius 3 is 2.71 bits per heavy atom. The maximum Gasteiger partial charge on any atom is 0.335 e. The van der Waals surface area contributed by atoms with Gasteiger partial charge in [-0.2, -0.15) is 0 Å². The van der Waals surface area contributed by atoms with Crippen LogP contribution in [0.25, 0.3) is 16.7 Å². The Labute approximate surface area is 118 Å². The largest absolute Gasteiger partial charge is 0.478 e. The SMILES string of the molecule is Cc1ccc(F)c(-n2c(=O)[nH]c3cc(C(=O)O)ccc32)c1. The van der Waals surface area contributed by atoms with Gasteiger partial charge in [-0.1, -0.05) is 6.07 Å². The molecule has 0 saturated carbocycles. The number of aryl methyl sites for hydroxylation is 1. The van der Waals surface area contributed by atoms with Crippen molar-refractivity contribution in [1.29, 1.82) is 0 Å². The van der Waals surface area contributed by atoms with Crippen LogP contribution in [-0.4, -0.2) is 20.6 Å². The van der Waals surface area contributed by atoms with Crippen molar-refractivity contribution in [2.24, 2.45) is 0 Å². The van der Waals surface area contributed by atoms with Crippen molar-refractivity contribution in [3.63, 3.8) is 0 Å². The van der Waals surface area contributed by atoms with E-state index < -0.39 is 17.5 Å². The van der Waals surface area contributed by atoms with Crippen molar-refractivity contribution in [2.45, 2.75) is 6.92 Å². The van der Waals surface area contributed by atoms with Crippen LogP contribution in [0.15, 0.2) is 41.2 Å². The molecule has 2 aromatic carbocycles. The van der Waals surface area contributed by atoms with Gasteiger partial charge in [-0.05, 0) is 42.8 Å². The van der Waals surface area contributed by atoms with Crippen LogP contribution < -0.4 is 5.69 Å². The molecule has 2 N–H and O–H groups in total. The highest BCUT2D eigenvalue weighted by Crippen LogP contribution is 2.20. The van der Waals surface area contributed by atoms with Crippen molar-refractivity contribution < 1.29 is 14.3 Å². The normalized spacial score (nSPS) is 11.0. The van der Waals surface area contributed by atoms with Crippen LogP contribution in [0.4, 0.5) is 4.39 Å². The zero-order valence-corrected chi connectivity index (χ0v) is 11.1. The molecule has 0 atom stereocenters. The number of aromatic amines is 1. The van der Waals surface area contributed by atoms with E-state index in [0.717, 1.165) is 5.56 Å². The Morgan fingerprint density at radius 1 is 1.24 bits per heavy atom. The average molecular weight is 286 g/mol. The number of rotatable bonds is 2. The predicted octanol–water partition coefficient (Wildman–Crippen LogP) is 2.46. The molecule has 0 spiro atoms. The number of aromatic carboxylic acids is 1. The number of nitrogens with zero attached hydrogens (tertiary/aromatic N) is 1. The molecule has 0 amide bonds. The zero-order valence-electron chi connectivity index (χ0n) is 11.1. The molecular formula is C15H11FN2O3. The number of hydrogen-bond donors (Lipinski definition) is 2. The Kier molecular flexibility index (Phi) is 2.86. The van der Waals surface area contributed by atoms with Crippen LogP contribution in [-0.2, 0) is 0 Å². The summed E-state index contributed by atoms with van der Waals surface area (Å²) in [5.74, 6) is -1.61. The van der Waals surface area contributed by atoms with E-state index in [9.17, 15) is 14.0 Å². The number of aromatic nitrogens is 2. The van der Waals surface area contributed by atoms with Crippen LogP contribution in [0.1, 0.15) is 15.9 Å². The van der Waals surface area contributed by atoms with E-state index in [2.05, 4.69) is 4.98 Å². The summed E-state index contributed by atoms with van der Waals surface area (Å²) in [5, 5.41) is 8.96. The van der Waals surface area contributed by atoms with E-state index in [1.807, 2.05) is 0 Å². The van der Waals surface area contributed by atoms with Crippen LogP contribution >= 0.6 is 0 Å². The van der Waals surface area contributed by atoms with Gasteiger partial charge in [0.25, 0.3) is 0 Å². The summed E-state index contributed by atoms with van der Waals surface area (Å²) in [6.07, 6.45) is 0.